The molecule has 2 rings (SSSR count). The lowest BCUT2D eigenvalue weighted by Crippen LogP contribution is -1.93. The zero-order chi connectivity index (χ0) is 8.55. The fourth-order valence-corrected chi connectivity index (χ4v) is 2.42. The van der Waals surface area contributed by atoms with Gasteiger partial charge in [0, 0.05) is 0 Å². The molecular formula is C7H6BrFO2S. The molecular weight excluding hydrogens is 247 g/mol. The van der Waals surface area contributed by atoms with Gasteiger partial charge in [-0.25, -0.2) is 0 Å². The maximum absolute atomic E-state index is 12.9. The van der Waals surface area contributed by atoms with E-state index in [1.54, 1.807) is 6.07 Å². The van der Waals surface area contributed by atoms with E-state index >= 15 is 0 Å². The number of rotatable bonds is 1. The molecule has 0 N–H and O–H groups in total. The molecule has 1 aliphatic rings. The minimum atomic E-state index is -0.365. The van der Waals surface area contributed by atoms with Gasteiger partial charge in [0.05, 0.1) is 22.6 Å². The monoisotopic (exact) mass is 252 g/mol. The zero-order valence-electron chi connectivity index (χ0n) is 6.05. The largest absolute Gasteiger partial charge is 0.345 e. The average Bonchev–Trinajstić information content (AvgIpc) is 2.61. The Morgan fingerprint density at radius 1 is 1.50 bits per heavy atom. The molecule has 66 valence electrons. The summed E-state index contributed by atoms with van der Waals surface area (Å²) in [7, 11) is 0. The highest BCUT2D eigenvalue weighted by Crippen LogP contribution is 2.33. The minimum Gasteiger partial charge on any atom is -0.345 e. The normalized spacial score (nSPS) is 18.8. The summed E-state index contributed by atoms with van der Waals surface area (Å²) >= 11 is 4.14. The Hall–Kier alpha value is 0.0300. The SMILES string of the molecule is Fc1sc(C2OCCO2)cc1Br. The Labute approximate surface area is 81.4 Å². The highest BCUT2D eigenvalue weighted by molar-refractivity contribution is 9.10. The van der Waals surface area contributed by atoms with E-state index in [1.807, 2.05) is 0 Å². The summed E-state index contributed by atoms with van der Waals surface area (Å²) in [5, 5.41) is -0.232. The molecule has 0 aliphatic carbocycles. The van der Waals surface area contributed by atoms with E-state index in [0.717, 1.165) is 16.2 Å². The van der Waals surface area contributed by atoms with E-state index in [1.165, 1.54) is 0 Å². The predicted octanol–water partition coefficient (Wildman–Crippen LogP) is 2.70. The molecule has 1 saturated heterocycles. The lowest BCUT2D eigenvalue weighted by molar-refractivity contribution is -0.0413. The maximum atomic E-state index is 12.9. The Kier molecular flexibility index (Phi) is 2.45. The molecule has 12 heavy (non-hydrogen) atoms. The quantitative estimate of drug-likeness (QED) is 0.766. The molecule has 0 aromatic carbocycles. The third-order valence-electron chi connectivity index (χ3n) is 1.52. The topological polar surface area (TPSA) is 18.5 Å². The maximum Gasteiger partial charge on any atom is 0.193 e. The first-order chi connectivity index (χ1) is 5.77. The van der Waals surface area contributed by atoms with E-state index in [-0.39, 0.29) is 11.4 Å². The van der Waals surface area contributed by atoms with Crippen LogP contribution in [-0.4, -0.2) is 13.2 Å². The fraction of sp³-hybridized carbons (Fsp3) is 0.429. The molecule has 1 fully saturated rings. The average molecular weight is 253 g/mol. The summed E-state index contributed by atoms with van der Waals surface area (Å²) in [6.07, 6.45) is -0.365. The number of ether oxygens (including phenoxy) is 2. The summed E-state index contributed by atoms with van der Waals surface area (Å²) in [4.78, 5) is 0.775. The first kappa shape index (κ1) is 8.62. The molecule has 5 heteroatoms. The number of thiophene rings is 1. The van der Waals surface area contributed by atoms with Crippen LogP contribution in [0.4, 0.5) is 4.39 Å². The van der Waals surface area contributed by atoms with E-state index in [9.17, 15) is 4.39 Å². The van der Waals surface area contributed by atoms with Gasteiger partial charge in [0.2, 0.25) is 0 Å². The van der Waals surface area contributed by atoms with Gasteiger partial charge in [0.25, 0.3) is 0 Å². The molecule has 1 aromatic rings. The molecule has 0 radical (unpaired) electrons. The van der Waals surface area contributed by atoms with Crippen LogP contribution in [-0.2, 0) is 9.47 Å². The summed E-state index contributed by atoms with van der Waals surface area (Å²) < 4.78 is 23.7. The van der Waals surface area contributed by atoms with Crippen molar-refractivity contribution in [3.63, 3.8) is 0 Å². The second-order valence-electron chi connectivity index (χ2n) is 2.34. The Morgan fingerprint density at radius 3 is 2.67 bits per heavy atom. The van der Waals surface area contributed by atoms with E-state index in [4.69, 9.17) is 9.47 Å². The van der Waals surface area contributed by atoms with Crippen LogP contribution in [0.1, 0.15) is 11.2 Å². The van der Waals surface area contributed by atoms with E-state index in [2.05, 4.69) is 15.9 Å². The van der Waals surface area contributed by atoms with Gasteiger partial charge in [-0.1, -0.05) is 0 Å². The van der Waals surface area contributed by atoms with Gasteiger partial charge in [-0.2, -0.15) is 4.39 Å². The van der Waals surface area contributed by atoms with E-state index in [0.29, 0.717) is 17.7 Å². The predicted molar refractivity (Wildman–Crippen MR) is 46.6 cm³/mol. The third-order valence-corrected chi connectivity index (χ3v) is 3.30. The van der Waals surface area contributed by atoms with Gasteiger partial charge in [0.1, 0.15) is 0 Å². The molecule has 2 nitrogen and oxygen atoms in total. The van der Waals surface area contributed by atoms with Crippen molar-refractivity contribution < 1.29 is 13.9 Å². The second kappa shape index (κ2) is 3.41. The van der Waals surface area contributed by atoms with Gasteiger partial charge >= 0.3 is 0 Å². The van der Waals surface area contributed by atoms with Crippen molar-refractivity contribution >= 4 is 27.3 Å². The van der Waals surface area contributed by atoms with Crippen LogP contribution in [0.5, 0.6) is 0 Å². The molecule has 0 atom stereocenters. The zero-order valence-corrected chi connectivity index (χ0v) is 8.45. The van der Waals surface area contributed by atoms with Crippen LogP contribution in [0, 0.1) is 5.13 Å². The summed E-state index contributed by atoms with van der Waals surface area (Å²) in [5.41, 5.74) is 0. The van der Waals surface area contributed by atoms with Gasteiger partial charge in [0.15, 0.2) is 11.4 Å². The van der Waals surface area contributed by atoms with Gasteiger partial charge < -0.3 is 9.47 Å². The standard InChI is InChI=1S/C7H6BrFO2S/c8-4-3-5(12-6(4)9)7-10-1-2-11-7/h3,7H,1-2H2. The van der Waals surface area contributed by atoms with Gasteiger partial charge in [-0.15, -0.1) is 11.3 Å². The Bertz CT molecular complexity index is 263. The van der Waals surface area contributed by atoms with Crippen molar-refractivity contribution in [1.29, 1.82) is 0 Å². The molecule has 1 aromatic heterocycles. The lowest BCUT2D eigenvalue weighted by Gasteiger charge is -2.03. The molecule has 0 unspecified atom stereocenters. The molecule has 1 aliphatic heterocycles. The van der Waals surface area contributed by atoms with Crippen molar-refractivity contribution in [2.75, 3.05) is 13.2 Å². The van der Waals surface area contributed by atoms with Crippen LogP contribution in [0.2, 0.25) is 0 Å². The van der Waals surface area contributed by atoms with Crippen LogP contribution in [0.15, 0.2) is 10.5 Å². The highest BCUT2D eigenvalue weighted by Gasteiger charge is 2.21. The molecule has 0 spiro atoms. The smallest absolute Gasteiger partial charge is 0.193 e. The van der Waals surface area contributed by atoms with Crippen molar-refractivity contribution in [2.24, 2.45) is 0 Å². The van der Waals surface area contributed by atoms with Crippen LogP contribution < -0.4 is 0 Å². The minimum absolute atomic E-state index is 0.232. The van der Waals surface area contributed by atoms with E-state index < -0.39 is 0 Å². The first-order valence-electron chi connectivity index (χ1n) is 3.45. The number of halogens is 2. The van der Waals surface area contributed by atoms with Gasteiger partial charge in [-0.3, -0.25) is 0 Å². The number of hydrogen-bond donors (Lipinski definition) is 0. The van der Waals surface area contributed by atoms with Crippen LogP contribution >= 0.6 is 27.3 Å². The molecule has 0 bridgehead atoms. The summed E-state index contributed by atoms with van der Waals surface area (Å²) in [6.45, 7) is 1.17. The van der Waals surface area contributed by atoms with Crippen molar-refractivity contribution in [3.8, 4) is 0 Å². The Morgan fingerprint density at radius 2 is 2.17 bits per heavy atom. The van der Waals surface area contributed by atoms with Crippen molar-refractivity contribution in [1.82, 2.24) is 0 Å². The summed E-state index contributed by atoms with van der Waals surface area (Å²) in [6, 6.07) is 1.69. The summed E-state index contributed by atoms with van der Waals surface area (Å²) in [5.74, 6) is 0. The van der Waals surface area contributed by atoms with Crippen LogP contribution in [0.3, 0.4) is 0 Å². The Balaban J connectivity index is 2.21. The fourth-order valence-electron chi connectivity index (χ4n) is 1.00. The number of hydrogen-bond acceptors (Lipinski definition) is 3. The molecule has 2 heterocycles. The van der Waals surface area contributed by atoms with Crippen molar-refractivity contribution in [3.05, 3.63) is 20.5 Å². The molecule has 0 amide bonds. The van der Waals surface area contributed by atoms with Crippen molar-refractivity contribution in [2.45, 2.75) is 6.29 Å². The van der Waals surface area contributed by atoms with Gasteiger partial charge in [-0.05, 0) is 22.0 Å². The second-order valence-corrected chi connectivity index (χ2v) is 4.23. The highest BCUT2D eigenvalue weighted by atomic mass is 79.9. The first-order valence-corrected chi connectivity index (χ1v) is 5.06. The lowest BCUT2D eigenvalue weighted by atomic mass is 10.4. The van der Waals surface area contributed by atoms with Crippen LogP contribution in [0.25, 0.3) is 0 Å². The molecule has 0 saturated carbocycles. The third kappa shape index (κ3) is 1.54.